The van der Waals surface area contributed by atoms with Crippen molar-refractivity contribution in [1.29, 1.82) is 0 Å². The average Bonchev–Trinajstić information content (AvgIpc) is 3.32. The second-order valence-corrected chi connectivity index (χ2v) is 10.5. The van der Waals surface area contributed by atoms with Gasteiger partial charge in [0.1, 0.15) is 0 Å². The van der Waals surface area contributed by atoms with E-state index in [1.807, 2.05) is 0 Å². The van der Waals surface area contributed by atoms with Crippen LogP contribution < -0.4 is 4.90 Å². The highest BCUT2D eigenvalue weighted by atomic mass is 32.2. The number of carbonyl (C=O) groups is 2. The van der Waals surface area contributed by atoms with Gasteiger partial charge >= 0.3 is 5.97 Å². The van der Waals surface area contributed by atoms with E-state index in [0.717, 1.165) is 38.8 Å². The fraction of sp³-hybridized carbons (Fsp3) is 0.652. The third kappa shape index (κ3) is 5.43. The predicted molar refractivity (Wildman–Crippen MR) is 123 cm³/mol. The molecule has 0 spiro atoms. The standard InChI is InChI=1S/C23H35N3O5S/c1-4-26(5-2)32(29,30)19-8-9-21(24-12-6-7-13-24)20(16-19)23(28)31-17-22(27)25-14-10-18(3)11-15-25/h8-9,16,18H,4-7,10-15,17H2,1-3H3. The van der Waals surface area contributed by atoms with Crippen molar-refractivity contribution in [2.45, 2.75) is 51.3 Å². The summed E-state index contributed by atoms with van der Waals surface area (Å²) in [6.45, 7) is 9.03. The lowest BCUT2D eigenvalue weighted by Crippen LogP contribution is -2.40. The summed E-state index contributed by atoms with van der Waals surface area (Å²) in [5.41, 5.74) is 0.852. The van der Waals surface area contributed by atoms with E-state index in [9.17, 15) is 18.0 Å². The minimum atomic E-state index is -3.72. The van der Waals surface area contributed by atoms with Crippen LogP contribution in [0.25, 0.3) is 0 Å². The Bertz CT molecular complexity index is 916. The van der Waals surface area contributed by atoms with Crippen molar-refractivity contribution in [3.63, 3.8) is 0 Å². The molecule has 9 heteroatoms. The summed E-state index contributed by atoms with van der Waals surface area (Å²) in [6.07, 6.45) is 3.92. The number of sulfonamides is 1. The molecule has 0 aromatic heterocycles. The highest BCUT2D eigenvalue weighted by Crippen LogP contribution is 2.29. The summed E-state index contributed by atoms with van der Waals surface area (Å²) >= 11 is 0. The number of carbonyl (C=O) groups excluding carboxylic acids is 2. The second-order valence-electron chi connectivity index (χ2n) is 8.60. The van der Waals surface area contributed by atoms with E-state index < -0.39 is 16.0 Å². The maximum absolute atomic E-state index is 13.0. The highest BCUT2D eigenvalue weighted by Gasteiger charge is 2.28. The first kappa shape index (κ1) is 24.5. The monoisotopic (exact) mass is 465 g/mol. The first-order chi connectivity index (χ1) is 15.3. The molecule has 8 nitrogen and oxygen atoms in total. The smallest absolute Gasteiger partial charge is 0.340 e. The molecule has 2 aliphatic heterocycles. The summed E-state index contributed by atoms with van der Waals surface area (Å²) in [6, 6.07) is 4.64. The maximum Gasteiger partial charge on any atom is 0.340 e. The molecule has 0 aliphatic carbocycles. The van der Waals surface area contributed by atoms with Crippen molar-refractivity contribution >= 4 is 27.6 Å². The van der Waals surface area contributed by atoms with Gasteiger partial charge in [0, 0.05) is 39.3 Å². The molecule has 0 atom stereocenters. The van der Waals surface area contributed by atoms with E-state index in [2.05, 4.69) is 11.8 Å². The van der Waals surface area contributed by atoms with Crippen molar-refractivity contribution < 1.29 is 22.7 Å². The predicted octanol–water partition coefficient (Wildman–Crippen LogP) is 2.73. The van der Waals surface area contributed by atoms with Gasteiger partial charge in [0.15, 0.2) is 6.61 Å². The van der Waals surface area contributed by atoms with Crippen LogP contribution in [0.3, 0.4) is 0 Å². The number of ether oxygens (including phenoxy) is 1. The lowest BCUT2D eigenvalue weighted by atomic mass is 9.99. The van der Waals surface area contributed by atoms with E-state index in [-0.39, 0.29) is 23.0 Å². The minimum Gasteiger partial charge on any atom is -0.452 e. The number of amides is 1. The van der Waals surface area contributed by atoms with Crippen LogP contribution in [0.5, 0.6) is 0 Å². The quantitative estimate of drug-likeness (QED) is 0.549. The van der Waals surface area contributed by atoms with Crippen LogP contribution in [0.4, 0.5) is 5.69 Å². The number of benzene rings is 1. The van der Waals surface area contributed by atoms with Crippen molar-refractivity contribution in [1.82, 2.24) is 9.21 Å². The summed E-state index contributed by atoms with van der Waals surface area (Å²) in [5.74, 6) is -0.276. The maximum atomic E-state index is 13.0. The van der Waals surface area contributed by atoms with Crippen molar-refractivity contribution in [2.75, 3.05) is 50.8 Å². The molecule has 1 aromatic rings. The Balaban J connectivity index is 1.81. The van der Waals surface area contributed by atoms with Crippen LogP contribution in [-0.2, 0) is 19.6 Å². The Kier molecular flexibility index (Phi) is 8.16. The van der Waals surface area contributed by atoms with Crippen molar-refractivity contribution in [3.8, 4) is 0 Å². The Labute approximate surface area is 191 Å². The fourth-order valence-corrected chi connectivity index (χ4v) is 5.82. The lowest BCUT2D eigenvalue weighted by Gasteiger charge is -2.30. The topological polar surface area (TPSA) is 87.2 Å². The van der Waals surface area contributed by atoms with Gasteiger partial charge < -0.3 is 14.5 Å². The van der Waals surface area contributed by atoms with Gasteiger partial charge in [-0.2, -0.15) is 4.31 Å². The number of piperidine rings is 1. The molecule has 3 rings (SSSR count). The number of nitrogens with zero attached hydrogens (tertiary/aromatic N) is 3. The molecule has 178 valence electrons. The number of esters is 1. The van der Waals surface area contributed by atoms with Crippen LogP contribution in [-0.4, -0.2) is 75.4 Å². The molecular formula is C23H35N3O5S. The Hall–Kier alpha value is -2.13. The first-order valence-electron chi connectivity index (χ1n) is 11.6. The van der Waals surface area contributed by atoms with E-state index in [1.54, 1.807) is 30.9 Å². The Morgan fingerprint density at radius 3 is 2.28 bits per heavy atom. The molecular weight excluding hydrogens is 430 g/mol. The molecule has 2 saturated heterocycles. The zero-order chi connectivity index (χ0) is 23.3. The van der Waals surface area contributed by atoms with Crippen LogP contribution in [0.1, 0.15) is 56.8 Å². The van der Waals surface area contributed by atoms with E-state index in [1.165, 1.54) is 10.4 Å². The lowest BCUT2D eigenvalue weighted by molar-refractivity contribution is -0.135. The zero-order valence-corrected chi connectivity index (χ0v) is 20.2. The SMILES string of the molecule is CCN(CC)S(=O)(=O)c1ccc(N2CCCC2)c(C(=O)OCC(=O)N2CCC(C)CC2)c1. The highest BCUT2D eigenvalue weighted by molar-refractivity contribution is 7.89. The number of hydrogen-bond donors (Lipinski definition) is 0. The fourth-order valence-electron chi connectivity index (χ4n) is 4.34. The third-order valence-corrected chi connectivity index (χ3v) is 8.49. The Morgan fingerprint density at radius 2 is 1.69 bits per heavy atom. The number of anilines is 1. The van der Waals surface area contributed by atoms with Gasteiger partial charge in [-0.05, 0) is 49.8 Å². The molecule has 0 bridgehead atoms. The second kappa shape index (κ2) is 10.7. The van der Waals surface area contributed by atoms with E-state index in [0.29, 0.717) is 37.8 Å². The number of hydrogen-bond acceptors (Lipinski definition) is 6. The van der Waals surface area contributed by atoms with Gasteiger partial charge in [-0.1, -0.05) is 20.8 Å². The third-order valence-electron chi connectivity index (χ3n) is 6.44. The van der Waals surface area contributed by atoms with Gasteiger partial charge in [0.25, 0.3) is 5.91 Å². The average molecular weight is 466 g/mol. The zero-order valence-electron chi connectivity index (χ0n) is 19.4. The van der Waals surface area contributed by atoms with Gasteiger partial charge in [-0.15, -0.1) is 0 Å². The van der Waals surface area contributed by atoms with Crippen molar-refractivity contribution in [2.24, 2.45) is 5.92 Å². The van der Waals surface area contributed by atoms with Crippen LogP contribution >= 0.6 is 0 Å². The molecule has 1 aromatic carbocycles. The van der Waals surface area contributed by atoms with Crippen molar-refractivity contribution in [3.05, 3.63) is 23.8 Å². The van der Waals surface area contributed by atoms with E-state index in [4.69, 9.17) is 4.74 Å². The van der Waals surface area contributed by atoms with Gasteiger partial charge in [0.2, 0.25) is 10.0 Å². The summed E-state index contributed by atoms with van der Waals surface area (Å²) in [5, 5.41) is 0. The molecule has 0 radical (unpaired) electrons. The molecule has 32 heavy (non-hydrogen) atoms. The van der Waals surface area contributed by atoms with Crippen LogP contribution in [0.15, 0.2) is 23.1 Å². The summed E-state index contributed by atoms with van der Waals surface area (Å²) < 4.78 is 32.7. The molecule has 0 unspecified atom stereocenters. The minimum absolute atomic E-state index is 0.0624. The summed E-state index contributed by atoms with van der Waals surface area (Å²) in [4.78, 5) is 29.4. The molecule has 1 amide bonds. The normalized spacial score (nSPS) is 17.8. The largest absolute Gasteiger partial charge is 0.452 e. The molecule has 2 fully saturated rings. The molecule has 2 heterocycles. The van der Waals surface area contributed by atoms with Crippen LogP contribution in [0.2, 0.25) is 0 Å². The first-order valence-corrected chi connectivity index (χ1v) is 13.1. The van der Waals surface area contributed by atoms with Gasteiger partial charge in [-0.3, -0.25) is 4.79 Å². The van der Waals surface area contributed by atoms with E-state index >= 15 is 0 Å². The van der Waals surface area contributed by atoms with Crippen LogP contribution in [0, 0.1) is 5.92 Å². The number of rotatable bonds is 8. The molecule has 0 N–H and O–H groups in total. The molecule has 2 aliphatic rings. The van der Waals surface area contributed by atoms with Gasteiger partial charge in [0.05, 0.1) is 16.1 Å². The summed E-state index contributed by atoms with van der Waals surface area (Å²) in [7, 11) is -3.72. The number of likely N-dealkylation sites (tertiary alicyclic amines) is 1. The Morgan fingerprint density at radius 1 is 1.06 bits per heavy atom. The molecule has 0 saturated carbocycles. The van der Waals surface area contributed by atoms with Gasteiger partial charge in [-0.25, -0.2) is 13.2 Å².